The molecule has 1 aromatic rings. The molecule has 0 N–H and O–H groups in total. The molecule has 1 aromatic carbocycles. The quantitative estimate of drug-likeness (QED) is 0.858. The van der Waals surface area contributed by atoms with Crippen LogP contribution < -0.4 is 4.90 Å². The number of carbonyl (C=O) groups is 2. The smallest absolute Gasteiger partial charge is 0.242 e. The summed E-state index contributed by atoms with van der Waals surface area (Å²) in [6.07, 6.45) is 5.48. The van der Waals surface area contributed by atoms with Gasteiger partial charge >= 0.3 is 0 Å². The Kier molecular flexibility index (Phi) is 5.99. The van der Waals surface area contributed by atoms with Crippen LogP contribution in [0.1, 0.15) is 45.1 Å². The average Bonchev–Trinajstić information content (AvgIpc) is 2.81. The zero-order valence-corrected chi connectivity index (χ0v) is 13.7. The lowest BCUT2D eigenvalue weighted by Crippen LogP contribution is -2.42. The van der Waals surface area contributed by atoms with Crippen molar-refractivity contribution in [2.45, 2.75) is 46.0 Å². The zero-order valence-electron chi connectivity index (χ0n) is 13.7. The first kappa shape index (κ1) is 16.5. The number of hydrogen-bond donors (Lipinski definition) is 0. The lowest BCUT2D eigenvalue weighted by atomic mass is 10.1. The second-order valence-electron chi connectivity index (χ2n) is 5.92. The van der Waals surface area contributed by atoms with Gasteiger partial charge in [-0.15, -0.1) is 0 Å². The van der Waals surface area contributed by atoms with Crippen molar-refractivity contribution in [3.63, 3.8) is 0 Å². The van der Waals surface area contributed by atoms with Gasteiger partial charge in [-0.3, -0.25) is 9.59 Å². The van der Waals surface area contributed by atoms with E-state index in [1.54, 1.807) is 4.90 Å². The third-order valence-electron chi connectivity index (χ3n) is 4.29. The van der Waals surface area contributed by atoms with Crippen molar-refractivity contribution < 1.29 is 9.59 Å². The molecule has 120 valence electrons. The Morgan fingerprint density at radius 2 is 1.64 bits per heavy atom. The highest BCUT2D eigenvalue weighted by Gasteiger charge is 2.21. The summed E-state index contributed by atoms with van der Waals surface area (Å²) in [5.41, 5.74) is 2.03. The van der Waals surface area contributed by atoms with Crippen LogP contribution in [0.3, 0.4) is 0 Å². The van der Waals surface area contributed by atoms with Crippen LogP contribution in [-0.2, 0) is 16.0 Å². The molecule has 4 heteroatoms. The molecule has 0 aromatic heterocycles. The molecule has 1 aliphatic heterocycles. The van der Waals surface area contributed by atoms with Crippen LogP contribution in [0.5, 0.6) is 0 Å². The summed E-state index contributed by atoms with van der Waals surface area (Å²) in [5.74, 6) is -0.0379. The largest absolute Gasteiger partial charge is 0.341 e. The predicted octanol–water partition coefficient (Wildman–Crippen LogP) is 3.00. The van der Waals surface area contributed by atoms with E-state index in [-0.39, 0.29) is 18.4 Å². The van der Waals surface area contributed by atoms with Crippen LogP contribution >= 0.6 is 0 Å². The Labute approximate surface area is 133 Å². The highest BCUT2D eigenvalue weighted by Crippen LogP contribution is 2.17. The van der Waals surface area contributed by atoms with Gasteiger partial charge in [0.15, 0.2) is 0 Å². The van der Waals surface area contributed by atoms with Crippen LogP contribution in [0, 0.1) is 0 Å². The molecule has 0 atom stereocenters. The third kappa shape index (κ3) is 4.33. The van der Waals surface area contributed by atoms with Crippen molar-refractivity contribution in [3.8, 4) is 0 Å². The van der Waals surface area contributed by atoms with Crippen molar-refractivity contribution in [3.05, 3.63) is 29.8 Å². The molecular formula is C18H26N2O2. The molecule has 1 heterocycles. The molecule has 0 aliphatic carbocycles. The summed E-state index contributed by atoms with van der Waals surface area (Å²) in [6.45, 7) is 5.39. The van der Waals surface area contributed by atoms with Gasteiger partial charge in [0, 0.05) is 25.7 Å². The van der Waals surface area contributed by atoms with E-state index in [1.807, 2.05) is 29.2 Å². The highest BCUT2D eigenvalue weighted by atomic mass is 16.2. The summed E-state index contributed by atoms with van der Waals surface area (Å²) in [4.78, 5) is 27.9. The number of rotatable bonds is 4. The van der Waals surface area contributed by atoms with Crippen molar-refractivity contribution in [2.24, 2.45) is 0 Å². The molecule has 0 saturated carbocycles. The number of anilines is 1. The van der Waals surface area contributed by atoms with Gasteiger partial charge in [-0.2, -0.15) is 0 Å². The van der Waals surface area contributed by atoms with Crippen LogP contribution in [0.25, 0.3) is 0 Å². The number of benzene rings is 1. The summed E-state index contributed by atoms with van der Waals surface area (Å²) < 4.78 is 0. The van der Waals surface area contributed by atoms with Gasteiger partial charge in [0.2, 0.25) is 11.8 Å². The van der Waals surface area contributed by atoms with E-state index >= 15 is 0 Å². The Balaban J connectivity index is 2.07. The molecule has 1 fully saturated rings. The molecule has 0 bridgehead atoms. The van der Waals surface area contributed by atoms with E-state index in [2.05, 4.69) is 6.92 Å². The first-order valence-electron chi connectivity index (χ1n) is 8.26. The monoisotopic (exact) mass is 302 g/mol. The number of likely N-dealkylation sites (tertiary alicyclic amines) is 1. The number of hydrogen-bond acceptors (Lipinski definition) is 2. The molecular weight excluding hydrogens is 276 g/mol. The Morgan fingerprint density at radius 3 is 2.14 bits per heavy atom. The topological polar surface area (TPSA) is 40.6 Å². The minimum atomic E-state index is -0.0904. The molecule has 4 nitrogen and oxygen atoms in total. The first-order chi connectivity index (χ1) is 10.6. The van der Waals surface area contributed by atoms with Gasteiger partial charge < -0.3 is 9.80 Å². The molecule has 0 spiro atoms. The predicted molar refractivity (Wildman–Crippen MR) is 88.9 cm³/mol. The van der Waals surface area contributed by atoms with Gasteiger partial charge in [-0.25, -0.2) is 0 Å². The maximum atomic E-state index is 12.5. The summed E-state index contributed by atoms with van der Waals surface area (Å²) in [6, 6.07) is 7.88. The summed E-state index contributed by atoms with van der Waals surface area (Å²) in [7, 11) is 0. The lowest BCUT2D eigenvalue weighted by molar-refractivity contribution is -0.131. The number of carbonyl (C=O) groups excluding carboxylic acids is 2. The number of nitrogens with zero attached hydrogens (tertiary/aromatic N) is 2. The minimum Gasteiger partial charge on any atom is -0.341 e. The van der Waals surface area contributed by atoms with E-state index in [1.165, 1.54) is 25.3 Å². The average molecular weight is 302 g/mol. The fourth-order valence-corrected chi connectivity index (χ4v) is 2.85. The number of amides is 2. The van der Waals surface area contributed by atoms with Gasteiger partial charge in [-0.1, -0.05) is 31.9 Å². The normalized spacial score (nSPS) is 15.3. The zero-order chi connectivity index (χ0) is 15.9. The fraction of sp³-hybridized carbons (Fsp3) is 0.556. The van der Waals surface area contributed by atoms with Gasteiger partial charge in [-0.05, 0) is 37.0 Å². The van der Waals surface area contributed by atoms with Crippen LogP contribution in [0.15, 0.2) is 24.3 Å². The van der Waals surface area contributed by atoms with E-state index in [4.69, 9.17) is 0 Å². The molecule has 2 amide bonds. The molecule has 0 radical (unpaired) electrons. The van der Waals surface area contributed by atoms with Crippen LogP contribution in [-0.4, -0.2) is 36.3 Å². The SMILES string of the molecule is CCc1ccc(N(CC(=O)N2CCCCCC2)C(C)=O)cc1. The molecule has 1 aliphatic rings. The number of aryl methyl sites for hydroxylation is 1. The second kappa shape index (κ2) is 7.97. The van der Waals surface area contributed by atoms with Crippen molar-refractivity contribution in [1.82, 2.24) is 4.90 Å². The van der Waals surface area contributed by atoms with Crippen molar-refractivity contribution in [2.75, 3.05) is 24.5 Å². The van der Waals surface area contributed by atoms with Gasteiger partial charge in [0.1, 0.15) is 6.54 Å². The third-order valence-corrected chi connectivity index (χ3v) is 4.29. The van der Waals surface area contributed by atoms with E-state index in [9.17, 15) is 9.59 Å². The van der Waals surface area contributed by atoms with E-state index < -0.39 is 0 Å². The lowest BCUT2D eigenvalue weighted by Gasteiger charge is -2.26. The second-order valence-corrected chi connectivity index (χ2v) is 5.92. The van der Waals surface area contributed by atoms with Gasteiger partial charge in [0.05, 0.1) is 0 Å². The standard InChI is InChI=1S/C18H26N2O2/c1-3-16-8-10-17(11-9-16)20(15(2)21)14-18(22)19-12-6-4-5-7-13-19/h8-11H,3-7,12-14H2,1-2H3. The van der Waals surface area contributed by atoms with Crippen molar-refractivity contribution >= 4 is 17.5 Å². The first-order valence-corrected chi connectivity index (χ1v) is 8.26. The molecule has 2 rings (SSSR count). The summed E-state index contributed by atoms with van der Waals surface area (Å²) in [5, 5.41) is 0. The van der Waals surface area contributed by atoms with E-state index in [0.717, 1.165) is 38.0 Å². The minimum absolute atomic E-state index is 0.0525. The molecule has 1 saturated heterocycles. The fourth-order valence-electron chi connectivity index (χ4n) is 2.85. The Morgan fingerprint density at radius 1 is 1.05 bits per heavy atom. The Hall–Kier alpha value is -1.84. The maximum Gasteiger partial charge on any atom is 0.242 e. The van der Waals surface area contributed by atoms with Crippen LogP contribution in [0.4, 0.5) is 5.69 Å². The van der Waals surface area contributed by atoms with Crippen molar-refractivity contribution in [1.29, 1.82) is 0 Å². The molecule has 22 heavy (non-hydrogen) atoms. The maximum absolute atomic E-state index is 12.5. The van der Waals surface area contributed by atoms with E-state index in [0.29, 0.717) is 0 Å². The van der Waals surface area contributed by atoms with Gasteiger partial charge in [0.25, 0.3) is 0 Å². The summed E-state index contributed by atoms with van der Waals surface area (Å²) >= 11 is 0. The molecule has 0 unspecified atom stereocenters. The highest BCUT2D eigenvalue weighted by molar-refractivity contribution is 5.97. The van der Waals surface area contributed by atoms with Crippen LogP contribution in [0.2, 0.25) is 0 Å². The Bertz CT molecular complexity index is 502.